The van der Waals surface area contributed by atoms with E-state index in [1.807, 2.05) is 6.92 Å². The Morgan fingerprint density at radius 3 is 2.45 bits per heavy atom. The van der Waals surface area contributed by atoms with Gasteiger partial charge in [0.15, 0.2) is 17.5 Å². The van der Waals surface area contributed by atoms with Gasteiger partial charge in [0.05, 0.1) is 26.1 Å². The lowest BCUT2D eigenvalue weighted by Crippen LogP contribution is -2.76. The predicted molar refractivity (Wildman–Crippen MR) is 147 cm³/mol. The van der Waals surface area contributed by atoms with Crippen molar-refractivity contribution in [1.29, 1.82) is 0 Å². The SMILES string of the molecule is CC=C(C)C(=O)OC1C2(O)C=C3C4CC(=O)OC(c5ccoc5)C4(C)CCC3C(C)(C2=O)C(C(O)C(=O)OC)C1(C)C. The van der Waals surface area contributed by atoms with Crippen molar-refractivity contribution in [1.82, 2.24) is 0 Å². The summed E-state index contributed by atoms with van der Waals surface area (Å²) in [6.45, 7) is 10.3. The Morgan fingerprint density at radius 2 is 1.86 bits per heavy atom. The van der Waals surface area contributed by atoms with Crippen LogP contribution in [0.15, 0.2) is 46.3 Å². The number of aliphatic hydroxyl groups excluding tert-OH is 1. The van der Waals surface area contributed by atoms with Gasteiger partial charge < -0.3 is 28.8 Å². The number of aliphatic hydroxyl groups is 2. The molecule has 0 radical (unpaired) electrons. The molecule has 0 amide bonds. The Bertz CT molecular complexity index is 1370. The summed E-state index contributed by atoms with van der Waals surface area (Å²) in [5.41, 5.74) is -4.00. The number of carbonyl (C=O) groups is 4. The largest absolute Gasteiger partial charge is 0.472 e. The highest BCUT2D eigenvalue weighted by atomic mass is 16.6. The fraction of sp³-hybridized carbons (Fsp3) is 0.625. The number of cyclic esters (lactones) is 1. The molecule has 3 fully saturated rings. The number of hydrogen-bond donors (Lipinski definition) is 2. The fourth-order valence-corrected chi connectivity index (χ4v) is 8.80. The lowest BCUT2D eigenvalue weighted by molar-refractivity contribution is -0.235. The molecule has 1 aromatic rings. The third kappa shape index (κ3) is 3.97. The van der Waals surface area contributed by atoms with E-state index in [1.165, 1.54) is 12.3 Å². The first kappa shape index (κ1) is 30.2. The zero-order valence-electron chi connectivity index (χ0n) is 25.1. The quantitative estimate of drug-likeness (QED) is 0.227. The lowest BCUT2D eigenvalue weighted by atomic mass is 9.39. The minimum atomic E-state index is -2.29. The highest BCUT2D eigenvalue weighted by Crippen LogP contribution is 2.69. The van der Waals surface area contributed by atoms with E-state index in [9.17, 15) is 29.4 Å². The molecule has 1 aliphatic heterocycles. The summed E-state index contributed by atoms with van der Waals surface area (Å²) >= 11 is 0. The number of ketones is 1. The molecular weight excluding hydrogens is 544 g/mol. The number of furan rings is 1. The molecule has 4 aliphatic rings. The van der Waals surface area contributed by atoms with Gasteiger partial charge in [-0.1, -0.05) is 39.3 Å². The van der Waals surface area contributed by atoms with Gasteiger partial charge in [0.1, 0.15) is 12.2 Å². The average Bonchev–Trinajstić information content (AvgIpc) is 3.47. The van der Waals surface area contributed by atoms with Crippen LogP contribution in [0.1, 0.15) is 72.5 Å². The van der Waals surface area contributed by atoms with Gasteiger partial charge in [0.2, 0.25) is 0 Å². The third-order valence-corrected chi connectivity index (χ3v) is 10.9. The predicted octanol–water partition coefficient (Wildman–Crippen LogP) is 3.61. The van der Waals surface area contributed by atoms with Gasteiger partial charge in [0, 0.05) is 33.3 Å². The highest BCUT2D eigenvalue weighted by Gasteiger charge is 2.75. The van der Waals surface area contributed by atoms with Gasteiger partial charge >= 0.3 is 17.9 Å². The number of ether oxygens (including phenoxy) is 3. The molecule has 9 atom stereocenters. The van der Waals surface area contributed by atoms with Crippen molar-refractivity contribution >= 4 is 23.7 Å². The zero-order chi connectivity index (χ0) is 31.0. The maximum Gasteiger partial charge on any atom is 0.335 e. The maximum atomic E-state index is 14.5. The van der Waals surface area contributed by atoms with Crippen molar-refractivity contribution in [3.8, 4) is 0 Å². The highest BCUT2D eigenvalue weighted by molar-refractivity contribution is 6.00. The molecule has 228 valence electrons. The van der Waals surface area contributed by atoms with E-state index in [0.717, 1.165) is 7.11 Å². The van der Waals surface area contributed by atoms with Crippen LogP contribution in [-0.4, -0.2) is 58.8 Å². The van der Waals surface area contributed by atoms with Crippen LogP contribution in [0.4, 0.5) is 0 Å². The van der Waals surface area contributed by atoms with E-state index >= 15 is 0 Å². The van der Waals surface area contributed by atoms with Gasteiger partial charge in [-0.25, -0.2) is 9.59 Å². The fourth-order valence-electron chi connectivity index (χ4n) is 8.80. The molecule has 5 rings (SSSR count). The molecule has 10 heteroatoms. The summed E-state index contributed by atoms with van der Waals surface area (Å²) in [7, 11) is 1.15. The van der Waals surface area contributed by atoms with E-state index in [1.54, 1.807) is 53.0 Å². The summed E-state index contributed by atoms with van der Waals surface area (Å²) in [4.78, 5) is 53.6. The van der Waals surface area contributed by atoms with E-state index in [-0.39, 0.29) is 12.0 Å². The molecule has 10 nitrogen and oxygen atoms in total. The molecule has 3 aliphatic carbocycles. The zero-order valence-corrected chi connectivity index (χ0v) is 25.1. The van der Waals surface area contributed by atoms with Crippen molar-refractivity contribution in [2.24, 2.45) is 34.0 Å². The van der Waals surface area contributed by atoms with Crippen LogP contribution in [0.2, 0.25) is 0 Å². The molecule has 1 aromatic heterocycles. The number of methoxy groups -OCH3 is 1. The number of fused-ring (bicyclic) bond motifs is 6. The second kappa shape index (κ2) is 9.91. The van der Waals surface area contributed by atoms with E-state index in [0.29, 0.717) is 24.0 Å². The summed E-state index contributed by atoms with van der Waals surface area (Å²) in [6, 6.07) is 1.75. The third-order valence-electron chi connectivity index (χ3n) is 10.9. The first-order chi connectivity index (χ1) is 19.6. The van der Waals surface area contributed by atoms with Crippen molar-refractivity contribution in [2.45, 2.75) is 84.7 Å². The monoisotopic (exact) mass is 584 g/mol. The van der Waals surface area contributed by atoms with Crippen LogP contribution in [-0.2, 0) is 33.4 Å². The van der Waals surface area contributed by atoms with Crippen molar-refractivity contribution in [2.75, 3.05) is 7.11 Å². The Labute approximate surface area is 245 Å². The van der Waals surface area contributed by atoms with Crippen LogP contribution in [0.5, 0.6) is 0 Å². The van der Waals surface area contributed by atoms with Gasteiger partial charge in [0.25, 0.3) is 0 Å². The summed E-state index contributed by atoms with van der Waals surface area (Å²) in [5, 5.41) is 23.9. The van der Waals surface area contributed by atoms with Crippen LogP contribution in [0, 0.1) is 34.0 Å². The molecule has 2 bridgehead atoms. The minimum Gasteiger partial charge on any atom is -0.472 e. The Balaban J connectivity index is 1.73. The number of carbonyl (C=O) groups excluding carboxylic acids is 4. The lowest BCUT2D eigenvalue weighted by Gasteiger charge is -2.66. The van der Waals surface area contributed by atoms with Gasteiger partial charge in [-0.15, -0.1) is 0 Å². The molecule has 2 saturated carbocycles. The summed E-state index contributed by atoms with van der Waals surface area (Å²) in [5.74, 6) is -4.80. The number of hydrogen-bond acceptors (Lipinski definition) is 10. The molecule has 0 aromatic carbocycles. The second-order valence-corrected chi connectivity index (χ2v) is 13.4. The maximum absolute atomic E-state index is 14.5. The van der Waals surface area contributed by atoms with Gasteiger partial charge in [-0.05, 0) is 50.7 Å². The van der Waals surface area contributed by atoms with Crippen LogP contribution < -0.4 is 0 Å². The molecule has 42 heavy (non-hydrogen) atoms. The van der Waals surface area contributed by atoms with Gasteiger partial charge in [-0.2, -0.15) is 0 Å². The molecule has 2 heterocycles. The van der Waals surface area contributed by atoms with E-state index < -0.39 is 81.6 Å². The van der Waals surface area contributed by atoms with Crippen LogP contribution in [0.25, 0.3) is 0 Å². The smallest absolute Gasteiger partial charge is 0.335 e. The van der Waals surface area contributed by atoms with Crippen LogP contribution in [0.3, 0.4) is 0 Å². The first-order valence-electron chi connectivity index (χ1n) is 14.4. The summed E-state index contributed by atoms with van der Waals surface area (Å²) < 4.78 is 22.0. The first-order valence-corrected chi connectivity index (χ1v) is 14.4. The van der Waals surface area contributed by atoms with Crippen molar-refractivity contribution in [3.63, 3.8) is 0 Å². The van der Waals surface area contributed by atoms with E-state index in [4.69, 9.17) is 18.6 Å². The Hall–Kier alpha value is -3.24. The Kier molecular flexibility index (Phi) is 7.13. The second-order valence-electron chi connectivity index (χ2n) is 13.4. The molecule has 9 unspecified atom stereocenters. The molecular formula is C32H40O10. The standard InChI is InChI=1S/C32H40O10/c1-8-16(2)25(35)42-28-29(3,4)23(22(34)26(36)39-7)31(6)19-9-11-30(5)20(18(19)14-32(28,38)27(31)37)13-21(33)41-24(30)17-10-12-40-15-17/h8,10,12,14-15,19-20,22-24,28,34,38H,9,11,13H2,1-7H3. The molecule has 2 N–H and O–H groups in total. The van der Waals surface area contributed by atoms with E-state index in [2.05, 4.69) is 0 Å². The minimum absolute atomic E-state index is 0.0171. The number of Topliss-reactive ketones (excluding diaryl/α,β-unsaturated/α-hetero) is 1. The Morgan fingerprint density at radius 1 is 1.17 bits per heavy atom. The number of esters is 3. The average molecular weight is 585 g/mol. The van der Waals surface area contributed by atoms with Crippen LogP contribution >= 0.6 is 0 Å². The molecule has 1 saturated heterocycles. The normalized spacial score (nSPS) is 39.7. The van der Waals surface area contributed by atoms with Crippen molar-refractivity contribution in [3.05, 3.63) is 47.5 Å². The van der Waals surface area contributed by atoms with Crippen molar-refractivity contribution < 1.29 is 48.0 Å². The number of rotatable bonds is 5. The number of allylic oxidation sites excluding steroid dienone is 2. The molecule has 0 spiro atoms. The topological polar surface area (TPSA) is 150 Å². The van der Waals surface area contributed by atoms with Gasteiger partial charge in [-0.3, -0.25) is 9.59 Å². The summed E-state index contributed by atoms with van der Waals surface area (Å²) in [6.07, 6.45) is 3.32.